The standard InChI is InChI=1S/C17H16ClN3O4/c1-10-4-3-5-13(8-10)20-16(22)11(2)19-17(23)12-6-7-14(18)15(9-12)21(24)25/h3-9,11H,1-2H3,(H,19,23)(H,20,22)/t11-/m0/s1. The van der Waals surface area contributed by atoms with Gasteiger partial charge in [-0.15, -0.1) is 0 Å². The van der Waals surface area contributed by atoms with E-state index in [-0.39, 0.29) is 16.3 Å². The Morgan fingerprint density at radius 1 is 1.20 bits per heavy atom. The van der Waals surface area contributed by atoms with Crippen LogP contribution in [0, 0.1) is 17.0 Å². The number of nitrogens with zero attached hydrogens (tertiary/aromatic N) is 1. The highest BCUT2D eigenvalue weighted by Crippen LogP contribution is 2.25. The number of hydrogen-bond donors (Lipinski definition) is 2. The summed E-state index contributed by atoms with van der Waals surface area (Å²) in [5.74, 6) is -1.01. The predicted molar refractivity (Wildman–Crippen MR) is 94.8 cm³/mol. The van der Waals surface area contributed by atoms with Crippen molar-refractivity contribution in [2.45, 2.75) is 19.9 Å². The van der Waals surface area contributed by atoms with Gasteiger partial charge in [-0.25, -0.2) is 0 Å². The summed E-state index contributed by atoms with van der Waals surface area (Å²) in [7, 11) is 0. The number of carbonyl (C=O) groups excluding carboxylic acids is 2. The van der Waals surface area contributed by atoms with Crippen LogP contribution in [-0.4, -0.2) is 22.8 Å². The molecule has 2 rings (SSSR count). The second-order valence-electron chi connectivity index (χ2n) is 5.48. The van der Waals surface area contributed by atoms with Gasteiger partial charge in [-0.2, -0.15) is 0 Å². The molecule has 2 aromatic carbocycles. The predicted octanol–water partition coefficient (Wildman–Crippen LogP) is 3.31. The van der Waals surface area contributed by atoms with Crippen molar-refractivity contribution in [1.82, 2.24) is 5.32 Å². The van der Waals surface area contributed by atoms with E-state index in [1.807, 2.05) is 13.0 Å². The maximum atomic E-state index is 12.2. The molecule has 1 atom stereocenters. The number of benzene rings is 2. The normalized spacial score (nSPS) is 11.5. The zero-order valence-corrected chi connectivity index (χ0v) is 14.3. The number of aryl methyl sites for hydroxylation is 1. The van der Waals surface area contributed by atoms with E-state index in [0.717, 1.165) is 11.6 Å². The van der Waals surface area contributed by atoms with Gasteiger partial charge >= 0.3 is 0 Å². The number of rotatable bonds is 5. The topological polar surface area (TPSA) is 101 Å². The van der Waals surface area contributed by atoms with Crippen LogP contribution in [0.2, 0.25) is 5.02 Å². The molecule has 0 aliphatic carbocycles. The molecule has 0 radical (unpaired) electrons. The quantitative estimate of drug-likeness (QED) is 0.630. The summed E-state index contributed by atoms with van der Waals surface area (Å²) >= 11 is 5.72. The second-order valence-corrected chi connectivity index (χ2v) is 5.88. The van der Waals surface area contributed by atoms with Crippen LogP contribution in [0.5, 0.6) is 0 Å². The molecule has 130 valence electrons. The van der Waals surface area contributed by atoms with Gasteiger partial charge in [0.1, 0.15) is 11.1 Å². The van der Waals surface area contributed by atoms with Crippen LogP contribution in [0.25, 0.3) is 0 Å². The number of hydrogen-bond acceptors (Lipinski definition) is 4. The van der Waals surface area contributed by atoms with E-state index < -0.39 is 22.8 Å². The van der Waals surface area contributed by atoms with Crippen LogP contribution in [0.15, 0.2) is 42.5 Å². The summed E-state index contributed by atoms with van der Waals surface area (Å²) in [6.45, 7) is 3.42. The number of nitrogens with one attached hydrogen (secondary N) is 2. The first-order chi connectivity index (χ1) is 11.8. The van der Waals surface area contributed by atoms with Crippen molar-refractivity contribution < 1.29 is 14.5 Å². The fourth-order valence-corrected chi connectivity index (χ4v) is 2.30. The van der Waals surface area contributed by atoms with Crippen molar-refractivity contribution in [3.05, 3.63) is 68.7 Å². The number of nitro groups is 1. The second kappa shape index (κ2) is 7.76. The van der Waals surface area contributed by atoms with E-state index in [1.54, 1.807) is 18.2 Å². The summed E-state index contributed by atoms with van der Waals surface area (Å²) in [4.78, 5) is 34.6. The van der Waals surface area contributed by atoms with Gasteiger partial charge in [0.05, 0.1) is 4.92 Å². The fourth-order valence-electron chi connectivity index (χ4n) is 2.11. The number of halogens is 1. The zero-order chi connectivity index (χ0) is 18.6. The summed E-state index contributed by atoms with van der Waals surface area (Å²) in [6, 6.07) is 10.1. The Bertz CT molecular complexity index is 838. The number of nitro benzene ring substituents is 1. The lowest BCUT2D eigenvalue weighted by molar-refractivity contribution is -0.384. The number of carbonyl (C=O) groups is 2. The first-order valence-corrected chi connectivity index (χ1v) is 7.78. The lowest BCUT2D eigenvalue weighted by Crippen LogP contribution is -2.41. The highest BCUT2D eigenvalue weighted by atomic mass is 35.5. The first kappa shape index (κ1) is 18.4. The molecule has 0 saturated carbocycles. The minimum absolute atomic E-state index is 0.0475. The van der Waals surface area contributed by atoms with Crippen LogP contribution >= 0.6 is 11.6 Å². The minimum atomic E-state index is -0.831. The smallest absolute Gasteiger partial charge is 0.288 e. The molecule has 0 aliphatic rings. The molecule has 2 aromatic rings. The highest BCUT2D eigenvalue weighted by molar-refractivity contribution is 6.32. The molecule has 0 aromatic heterocycles. The zero-order valence-electron chi connectivity index (χ0n) is 13.6. The summed E-state index contributed by atoms with van der Waals surface area (Å²) in [6.07, 6.45) is 0. The molecule has 0 saturated heterocycles. The van der Waals surface area contributed by atoms with E-state index in [4.69, 9.17) is 11.6 Å². The van der Waals surface area contributed by atoms with E-state index in [2.05, 4.69) is 10.6 Å². The van der Waals surface area contributed by atoms with E-state index >= 15 is 0 Å². The monoisotopic (exact) mass is 361 g/mol. The first-order valence-electron chi connectivity index (χ1n) is 7.40. The van der Waals surface area contributed by atoms with E-state index in [1.165, 1.54) is 19.1 Å². The third kappa shape index (κ3) is 4.77. The lowest BCUT2D eigenvalue weighted by atomic mass is 10.1. The molecule has 2 N–H and O–H groups in total. The molecular formula is C17H16ClN3O4. The van der Waals surface area contributed by atoms with Crippen molar-refractivity contribution >= 4 is 34.8 Å². The molecule has 0 unspecified atom stereocenters. The maximum absolute atomic E-state index is 12.2. The van der Waals surface area contributed by atoms with Crippen LogP contribution in [0.4, 0.5) is 11.4 Å². The Hall–Kier alpha value is -2.93. The SMILES string of the molecule is Cc1cccc(NC(=O)[C@H](C)NC(=O)c2ccc(Cl)c([N+](=O)[O-])c2)c1. The van der Waals surface area contributed by atoms with Gasteiger partial charge < -0.3 is 10.6 Å². The van der Waals surface area contributed by atoms with Gasteiger partial charge in [0.25, 0.3) is 11.6 Å². The summed E-state index contributed by atoms with van der Waals surface area (Å²) in [5, 5.41) is 16.0. The molecule has 0 spiro atoms. The van der Waals surface area contributed by atoms with Crippen LogP contribution < -0.4 is 10.6 Å². The van der Waals surface area contributed by atoms with Crippen molar-refractivity contribution in [1.29, 1.82) is 0 Å². The van der Waals surface area contributed by atoms with Gasteiger partial charge in [-0.1, -0.05) is 23.7 Å². The van der Waals surface area contributed by atoms with Crippen molar-refractivity contribution in [3.8, 4) is 0 Å². The molecule has 0 aliphatic heterocycles. The molecule has 0 bridgehead atoms. The molecule has 8 heteroatoms. The maximum Gasteiger partial charge on any atom is 0.288 e. The van der Waals surface area contributed by atoms with Crippen molar-refractivity contribution in [2.24, 2.45) is 0 Å². The number of anilines is 1. The summed E-state index contributed by atoms with van der Waals surface area (Å²) < 4.78 is 0. The van der Waals surface area contributed by atoms with Gasteiger partial charge in [0.2, 0.25) is 5.91 Å². The Kier molecular flexibility index (Phi) is 5.71. The van der Waals surface area contributed by atoms with Gasteiger partial charge in [0, 0.05) is 17.3 Å². The Morgan fingerprint density at radius 2 is 1.92 bits per heavy atom. The largest absolute Gasteiger partial charge is 0.341 e. The molecule has 0 fully saturated rings. The third-order valence-electron chi connectivity index (χ3n) is 3.43. The Morgan fingerprint density at radius 3 is 2.56 bits per heavy atom. The highest BCUT2D eigenvalue weighted by Gasteiger charge is 2.20. The Balaban J connectivity index is 2.05. The van der Waals surface area contributed by atoms with Gasteiger partial charge in [-0.05, 0) is 43.7 Å². The van der Waals surface area contributed by atoms with Crippen LogP contribution in [-0.2, 0) is 4.79 Å². The third-order valence-corrected chi connectivity index (χ3v) is 3.75. The average molecular weight is 362 g/mol. The molecule has 0 heterocycles. The minimum Gasteiger partial charge on any atom is -0.341 e. The van der Waals surface area contributed by atoms with Crippen LogP contribution in [0.3, 0.4) is 0 Å². The van der Waals surface area contributed by atoms with Gasteiger partial charge in [0.15, 0.2) is 0 Å². The Labute approximate surface area is 149 Å². The van der Waals surface area contributed by atoms with Crippen molar-refractivity contribution in [3.63, 3.8) is 0 Å². The van der Waals surface area contributed by atoms with Crippen LogP contribution in [0.1, 0.15) is 22.8 Å². The lowest BCUT2D eigenvalue weighted by Gasteiger charge is -2.14. The molecule has 2 amide bonds. The summed E-state index contributed by atoms with van der Waals surface area (Å²) in [5.41, 5.74) is 1.29. The molecule has 25 heavy (non-hydrogen) atoms. The van der Waals surface area contributed by atoms with Crippen molar-refractivity contribution in [2.75, 3.05) is 5.32 Å². The van der Waals surface area contributed by atoms with E-state index in [0.29, 0.717) is 5.69 Å². The fraction of sp³-hybridized carbons (Fsp3) is 0.176. The van der Waals surface area contributed by atoms with E-state index in [9.17, 15) is 19.7 Å². The molecular weight excluding hydrogens is 346 g/mol. The average Bonchev–Trinajstić information content (AvgIpc) is 2.54. The van der Waals surface area contributed by atoms with Gasteiger partial charge in [-0.3, -0.25) is 19.7 Å². The molecule has 7 nitrogen and oxygen atoms in total. The number of amides is 2.